The Balaban J connectivity index is 1.83. The van der Waals surface area contributed by atoms with Crippen molar-refractivity contribution in [1.29, 1.82) is 0 Å². The number of rotatable bonds is 5. The number of nitro groups is 1. The molecule has 7 nitrogen and oxygen atoms in total. The Labute approximate surface area is 190 Å². The molecule has 4 rings (SSSR count). The maximum absolute atomic E-state index is 13.6. The predicted molar refractivity (Wildman–Crippen MR) is 121 cm³/mol. The quantitative estimate of drug-likeness (QED) is 0.399. The van der Waals surface area contributed by atoms with Crippen LogP contribution >= 0.6 is 11.6 Å². The van der Waals surface area contributed by atoms with Crippen LogP contribution in [0, 0.1) is 10.1 Å². The number of benzene rings is 3. The standard InChI is InChI=1S/C24H21ClN2O5/c1-31-21-13-16-10-11-26(24(28)17-8-9-19(25)20(12-17)27(29)30)23(15-6-4-3-5-7-15)18(16)14-22(21)32-2/h3-9,12-14,23H,10-11H2,1-2H3. The van der Waals surface area contributed by atoms with Crippen molar-refractivity contribution in [3.63, 3.8) is 0 Å². The number of fused-ring (bicyclic) bond motifs is 1. The number of carbonyl (C=O) groups is 1. The highest BCUT2D eigenvalue weighted by Crippen LogP contribution is 2.41. The molecular formula is C24H21ClN2O5. The lowest BCUT2D eigenvalue weighted by molar-refractivity contribution is -0.384. The van der Waals surface area contributed by atoms with E-state index >= 15 is 0 Å². The lowest BCUT2D eigenvalue weighted by atomic mass is 9.87. The minimum absolute atomic E-state index is 0.00743. The van der Waals surface area contributed by atoms with Gasteiger partial charge in [-0.2, -0.15) is 0 Å². The van der Waals surface area contributed by atoms with Crippen molar-refractivity contribution in [2.75, 3.05) is 20.8 Å². The number of halogens is 1. The lowest BCUT2D eigenvalue weighted by Crippen LogP contribution is -2.40. The highest BCUT2D eigenvalue weighted by Gasteiger charge is 2.34. The van der Waals surface area contributed by atoms with Gasteiger partial charge in [0.25, 0.3) is 11.6 Å². The van der Waals surface area contributed by atoms with Crippen LogP contribution in [-0.4, -0.2) is 36.5 Å². The number of hydrogen-bond acceptors (Lipinski definition) is 5. The van der Waals surface area contributed by atoms with Crippen LogP contribution in [0.4, 0.5) is 5.69 Å². The van der Waals surface area contributed by atoms with Gasteiger partial charge in [-0.1, -0.05) is 41.9 Å². The van der Waals surface area contributed by atoms with E-state index in [-0.39, 0.29) is 28.2 Å². The highest BCUT2D eigenvalue weighted by molar-refractivity contribution is 6.32. The van der Waals surface area contributed by atoms with Crippen molar-refractivity contribution in [1.82, 2.24) is 4.90 Å². The third-order valence-corrected chi connectivity index (χ3v) is 5.96. The summed E-state index contributed by atoms with van der Waals surface area (Å²) in [6.45, 7) is 0.442. The van der Waals surface area contributed by atoms with Gasteiger partial charge in [0, 0.05) is 18.2 Å². The molecule has 0 aromatic heterocycles. The first-order valence-electron chi connectivity index (χ1n) is 9.99. The highest BCUT2D eigenvalue weighted by atomic mass is 35.5. The van der Waals surface area contributed by atoms with E-state index in [4.69, 9.17) is 21.1 Å². The van der Waals surface area contributed by atoms with Gasteiger partial charge in [-0.15, -0.1) is 0 Å². The summed E-state index contributed by atoms with van der Waals surface area (Å²) < 4.78 is 11.0. The third kappa shape index (κ3) is 3.87. The molecule has 1 heterocycles. The summed E-state index contributed by atoms with van der Waals surface area (Å²) in [7, 11) is 3.16. The van der Waals surface area contributed by atoms with Gasteiger partial charge in [0.05, 0.1) is 25.2 Å². The fraction of sp³-hybridized carbons (Fsp3) is 0.208. The number of amides is 1. The summed E-state index contributed by atoms with van der Waals surface area (Å²) in [4.78, 5) is 26.0. The molecule has 164 valence electrons. The molecule has 3 aromatic carbocycles. The number of nitrogens with zero attached hydrogens (tertiary/aromatic N) is 2. The van der Waals surface area contributed by atoms with E-state index < -0.39 is 4.92 Å². The van der Waals surface area contributed by atoms with E-state index in [1.807, 2.05) is 42.5 Å². The lowest BCUT2D eigenvalue weighted by Gasteiger charge is -2.38. The van der Waals surface area contributed by atoms with Crippen molar-refractivity contribution in [3.05, 3.63) is 98.1 Å². The molecule has 0 fully saturated rings. The molecule has 1 unspecified atom stereocenters. The zero-order chi connectivity index (χ0) is 22.8. The average Bonchev–Trinajstić information content (AvgIpc) is 2.82. The smallest absolute Gasteiger partial charge is 0.288 e. The van der Waals surface area contributed by atoms with Crippen LogP contribution in [-0.2, 0) is 6.42 Å². The number of nitro benzene ring substituents is 1. The first-order valence-corrected chi connectivity index (χ1v) is 10.4. The monoisotopic (exact) mass is 452 g/mol. The zero-order valence-electron chi connectivity index (χ0n) is 17.6. The molecule has 1 aliphatic rings. The Morgan fingerprint density at radius 3 is 2.41 bits per heavy atom. The van der Waals surface area contributed by atoms with Crippen LogP contribution in [0.2, 0.25) is 5.02 Å². The largest absolute Gasteiger partial charge is 0.493 e. The van der Waals surface area contributed by atoms with Gasteiger partial charge in [0.2, 0.25) is 0 Å². The molecule has 32 heavy (non-hydrogen) atoms. The van der Waals surface area contributed by atoms with Crippen LogP contribution in [0.1, 0.15) is 33.1 Å². The van der Waals surface area contributed by atoms with Gasteiger partial charge in [-0.25, -0.2) is 0 Å². The van der Waals surface area contributed by atoms with Crippen molar-refractivity contribution in [2.45, 2.75) is 12.5 Å². The van der Waals surface area contributed by atoms with Gasteiger partial charge in [-0.05, 0) is 47.4 Å². The SMILES string of the molecule is COc1cc2c(cc1OC)C(c1ccccc1)N(C(=O)c1ccc(Cl)c([N+](=O)[O-])c1)CC2. The normalized spacial score (nSPS) is 15.1. The number of hydrogen-bond donors (Lipinski definition) is 0. The maximum Gasteiger partial charge on any atom is 0.288 e. The first kappa shape index (κ1) is 21.6. The fourth-order valence-electron chi connectivity index (χ4n) is 4.11. The molecule has 0 spiro atoms. The minimum atomic E-state index is -0.587. The minimum Gasteiger partial charge on any atom is -0.493 e. The van der Waals surface area contributed by atoms with Crippen LogP contribution < -0.4 is 9.47 Å². The van der Waals surface area contributed by atoms with Crippen molar-refractivity contribution >= 4 is 23.2 Å². The summed E-state index contributed by atoms with van der Waals surface area (Å²) >= 11 is 5.94. The Morgan fingerprint density at radius 2 is 1.75 bits per heavy atom. The zero-order valence-corrected chi connectivity index (χ0v) is 18.3. The molecule has 1 atom stereocenters. The third-order valence-electron chi connectivity index (χ3n) is 5.64. The van der Waals surface area contributed by atoms with E-state index in [2.05, 4.69) is 0 Å². The second-order valence-electron chi connectivity index (χ2n) is 7.39. The van der Waals surface area contributed by atoms with E-state index in [0.29, 0.717) is 24.5 Å². The van der Waals surface area contributed by atoms with Crippen molar-refractivity contribution in [3.8, 4) is 11.5 Å². The molecule has 1 aliphatic heterocycles. The Morgan fingerprint density at radius 1 is 1.06 bits per heavy atom. The second kappa shape index (κ2) is 8.88. The summed E-state index contributed by atoms with van der Waals surface area (Å²) in [5, 5.41) is 11.3. The summed E-state index contributed by atoms with van der Waals surface area (Å²) in [5.41, 5.74) is 2.83. The molecule has 0 aliphatic carbocycles. The van der Waals surface area contributed by atoms with Gasteiger partial charge in [-0.3, -0.25) is 14.9 Å². The number of ether oxygens (including phenoxy) is 2. The summed E-state index contributed by atoms with van der Waals surface area (Å²) in [5.74, 6) is 0.897. The van der Waals surface area contributed by atoms with Crippen molar-refractivity contribution in [2.24, 2.45) is 0 Å². The maximum atomic E-state index is 13.6. The molecular weight excluding hydrogens is 432 g/mol. The molecule has 8 heteroatoms. The molecule has 0 saturated carbocycles. The van der Waals surface area contributed by atoms with Crippen LogP contribution in [0.3, 0.4) is 0 Å². The van der Waals surface area contributed by atoms with E-state index in [0.717, 1.165) is 16.7 Å². The van der Waals surface area contributed by atoms with Gasteiger partial charge in [0.1, 0.15) is 5.02 Å². The first-order chi connectivity index (χ1) is 15.4. The topological polar surface area (TPSA) is 81.9 Å². The molecule has 3 aromatic rings. The molecule has 0 radical (unpaired) electrons. The van der Waals surface area contributed by atoms with E-state index in [1.54, 1.807) is 19.1 Å². The van der Waals surface area contributed by atoms with Crippen LogP contribution in [0.25, 0.3) is 0 Å². The van der Waals surface area contributed by atoms with E-state index in [9.17, 15) is 14.9 Å². The average molecular weight is 453 g/mol. The Bertz CT molecular complexity index is 1180. The number of methoxy groups -OCH3 is 2. The van der Waals surface area contributed by atoms with Gasteiger partial charge < -0.3 is 14.4 Å². The van der Waals surface area contributed by atoms with Crippen LogP contribution in [0.15, 0.2) is 60.7 Å². The molecule has 1 amide bonds. The van der Waals surface area contributed by atoms with Gasteiger partial charge >= 0.3 is 0 Å². The predicted octanol–water partition coefficient (Wildman–Crippen LogP) is 5.05. The number of carbonyl (C=O) groups excluding carboxylic acids is 1. The molecule has 0 bridgehead atoms. The summed E-state index contributed by atoms with van der Waals surface area (Å²) in [6, 6.07) is 17.3. The second-order valence-corrected chi connectivity index (χ2v) is 7.80. The van der Waals surface area contributed by atoms with Crippen LogP contribution in [0.5, 0.6) is 11.5 Å². The van der Waals surface area contributed by atoms with E-state index in [1.165, 1.54) is 18.2 Å². The summed E-state index contributed by atoms with van der Waals surface area (Å²) in [6.07, 6.45) is 0.612. The Hall–Kier alpha value is -3.58. The Kier molecular flexibility index (Phi) is 6.01. The van der Waals surface area contributed by atoms with Crippen molar-refractivity contribution < 1.29 is 19.2 Å². The fourth-order valence-corrected chi connectivity index (χ4v) is 4.30. The molecule has 0 N–H and O–H groups in total. The molecule has 0 saturated heterocycles. The van der Waals surface area contributed by atoms with Gasteiger partial charge in [0.15, 0.2) is 11.5 Å².